The second-order valence-electron chi connectivity index (χ2n) is 5.02. The maximum absolute atomic E-state index is 5.51. The lowest BCUT2D eigenvalue weighted by Gasteiger charge is -2.19. The third kappa shape index (κ3) is 2.70. The molecule has 18 heavy (non-hydrogen) atoms. The van der Waals surface area contributed by atoms with E-state index in [0.717, 1.165) is 17.9 Å². The molecule has 100 valence electrons. The molecule has 0 bridgehead atoms. The van der Waals surface area contributed by atoms with Crippen LogP contribution in [0.3, 0.4) is 0 Å². The second-order valence-corrected chi connectivity index (χ2v) is 6.30. The fourth-order valence-electron chi connectivity index (χ4n) is 2.04. The third-order valence-electron chi connectivity index (χ3n) is 3.42. The van der Waals surface area contributed by atoms with Gasteiger partial charge in [-0.1, -0.05) is 13.8 Å². The van der Waals surface area contributed by atoms with Gasteiger partial charge < -0.3 is 10.7 Å². The van der Waals surface area contributed by atoms with Gasteiger partial charge in [0.15, 0.2) is 0 Å². The Hall–Kier alpha value is -1.01. The Bertz CT molecular complexity index is 417. The quantitative estimate of drug-likeness (QED) is 0.542. The van der Waals surface area contributed by atoms with Crippen LogP contribution in [0.2, 0.25) is 0 Å². The van der Waals surface area contributed by atoms with E-state index in [0.29, 0.717) is 16.5 Å². The largest absolute Gasteiger partial charge is 0.368 e. The van der Waals surface area contributed by atoms with Crippen molar-refractivity contribution in [1.82, 2.24) is 9.97 Å². The van der Waals surface area contributed by atoms with Crippen molar-refractivity contribution >= 4 is 23.4 Å². The zero-order chi connectivity index (χ0) is 13.2. The van der Waals surface area contributed by atoms with Crippen LogP contribution >= 0.6 is 11.8 Å². The van der Waals surface area contributed by atoms with Gasteiger partial charge in [-0.3, -0.25) is 0 Å². The predicted molar refractivity (Wildman–Crippen MR) is 77.9 cm³/mol. The van der Waals surface area contributed by atoms with Crippen LogP contribution in [0.15, 0.2) is 6.33 Å². The summed E-state index contributed by atoms with van der Waals surface area (Å²) < 4.78 is 0.412. The van der Waals surface area contributed by atoms with Crippen LogP contribution in [0.4, 0.5) is 11.6 Å². The van der Waals surface area contributed by atoms with Gasteiger partial charge in [0, 0.05) is 16.9 Å². The SMILES string of the molecule is CSC1(CNc2ncnc(NN)c2C(C)C)CC1. The van der Waals surface area contributed by atoms with Crippen LogP contribution in [-0.4, -0.2) is 27.5 Å². The molecule has 0 aromatic carbocycles. The summed E-state index contributed by atoms with van der Waals surface area (Å²) in [5.74, 6) is 7.43. The van der Waals surface area contributed by atoms with Gasteiger partial charge in [0.25, 0.3) is 0 Å². The number of anilines is 2. The average Bonchev–Trinajstić information content (AvgIpc) is 3.16. The molecule has 0 radical (unpaired) electrons. The lowest BCUT2D eigenvalue weighted by molar-refractivity contribution is 0.839. The number of rotatable bonds is 6. The Kier molecular flexibility index (Phi) is 3.97. The van der Waals surface area contributed by atoms with E-state index in [2.05, 4.69) is 40.8 Å². The van der Waals surface area contributed by atoms with Gasteiger partial charge in [0.1, 0.15) is 18.0 Å². The zero-order valence-electron chi connectivity index (χ0n) is 11.2. The van der Waals surface area contributed by atoms with Crippen LogP contribution in [0.5, 0.6) is 0 Å². The van der Waals surface area contributed by atoms with Crippen LogP contribution < -0.4 is 16.6 Å². The summed E-state index contributed by atoms with van der Waals surface area (Å²) in [5, 5.41) is 3.46. The molecule has 1 aliphatic carbocycles. The van der Waals surface area contributed by atoms with E-state index in [4.69, 9.17) is 5.84 Å². The standard InChI is InChI=1S/C12H21N5S/c1-8(2)9-10(15-7-16-11(9)17-13)14-6-12(18-3)4-5-12/h7-8H,4-6,13H2,1-3H3,(H2,14,15,16,17). The highest BCUT2D eigenvalue weighted by molar-refractivity contribution is 8.00. The molecule has 1 aromatic heterocycles. The summed E-state index contributed by atoms with van der Waals surface area (Å²) in [6.45, 7) is 5.19. The predicted octanol–water partition coefficient (Wildman–Crippen LogP) is 2.19. The molecule has 1 aliphatic rings. The van der Waals surface area contributed by atoms with Gasteiger partial charge >= 0.3 is 0 Å². The molecule has 1 saturated carbocycles. The maximum atomic E-state index is 5.51. The van der Waals surface area contributed by atoms with Crippen molar-refractivity contribution in [2.75, 3.05) is 23.5 Å². The van der Waals surface area contributed by atoms with Crippen molar-refractivity contribution in [2.45, 2.75) is 37.4 Å². The highest BCUT2D eigenvalue weighted by Crippen LogP contribution is 2.47. The molecule has 0 atom stereocenters. The number of hydrogen-bond donors (Lipinski definition) is 3. The van der Waals surface area contributed by atoms with Crippen molar-refractivity contribution in [3.63, 3.8) is 0 Å². The van der Waals surface area contributed by atoms with E-state index in [1.165, 1.54) is 12.8 Å². The van der Waals surface area contributed by atoms with Gasteiger partial charge in [-0.25, -0.2) is 15.8 Å². The highest BCUT2D eigenvalue weighted by Gasteiger charge is 2.41. The minimum atomic E-state index is 0.323. The third-order valence-corrected chi connectivity index (χ3v) is 4.84. The second kappa shape index (κ2) is 5.32. The molecule has 1 fully saturated rings. The van der Waals surface area contributed by atoms with Crippen LogP contribution in [0, 0.1) is 0 Å². The van der Waals surface area contributed by atoms with Crippen molar-refractivity contribution in [3.05, 3.63) is 11.9 Å². The number of nitrogens with zero attached hydrogens (tertiary/aromatic N) is 2. The Morgan fingerprint density at radius 1 is 1.39 bits per heavy atom. The summed E-state index contributed by atoms with van der Waals surface area (Å²) in [5.41, 5.74) is 3.70. The number of hydrazine groups is 1. The van der Waals surface area contributed by atoms with Gasteiger partial charge in [-0.05, 0) is 25.0 Å². The first kappa shape index (κ1) is 13.4. The molecular formula is C12H21N5S. The molecule has 0 unspecified atom stereocenters. The maximum Gasteiger partial charge on any atom is 0.148 e. The molecule has 0 spiro atoms. The molecule has 5 nitrogen and oxygen atoms in total. The van der Waals surface area contributed by atoms with Crippen molar-refractivity contribution in [1.29, 1.82) is 0 Å². The van der Waals surface area contributed by atoms with Gasteiger partial charge in [0.05, 0.1) is 0 Å². The molecular weight excluding hydrogens is 246 g/mol. The first-order valence-electron chi connectivity index (χ1n) is 6.22. The van der Waals surface area contributed by atoms with Crippen LogP contribution in [-0.2, 0) is 0 Å². The zero-order valence-corrected chi connectivity index (χ0v) is 12.0. The van der Waals surface area contributed by atoms with Crippen molar-refractivity contribution in [3.8, 4) is 0 Å². The van der Waals surface area contributed by atoms with Crippen LogP contribution in [0.1, 0.15) is 38.2 Å². The number of nitrogens with one attached hydrogen (secondary N) is 2. The Morgan fingerprint density at radius 3 is 2.56 bits per heavy atom. The van der Waals surface area contributed by atoms with E-state index >= 15 is 0 Å². The van der Waals surface area contributed by atoms with Gasteiger partial charge in [-0.15, -0.1) is 0 Å². The average molecular weight is 267 g/mol. The van der Waals surface area contributed by atoms with E-state index in [1.54, 1.807) is 6.33 Å². The molecule has 6 heteroatoms. The summed E-state index contributed by atoms with van der Waals surface area (Å²) in [6, 6.07) is 0. The summed E-state index contributed by atoms with van der Waals surface area (Å²) in [4.78, 5) is 8.51. The fourth-order valence-corrected chi connectivity index (χ4v) is 2.76. The minimum absolute atomic E-state index is 0.323. The monoisotopic (exact) mass is 267 g/mol. The number of hydrogen-bond acceptors (Lipinski definition) is 6. The van der Waals surface area contributed by atoms with E-state index < -0.39 is 0 Å². The Balaban J connectivity index is 2.16. The lowest BCUT2D eigenvalue weighted by atomic mass is 10.0. The molecule has 0 aliphatic heterocycles. The Labute approximate surface area is 112 Å². The topological polar surface area (TPSA) is 75.9 Å². The molecule has 0 amide bonds. The van der Waals surface area contributed by atoms with Crippen molar-refractivity contribution < 1.29 is 0 Å². The molecule has 4 N–H and O–H groups in total. The minimum Gasteiger partial charge on any atom is -0.368 e. The molecule has 1 heterocycles. The smallest absolute Gasteiger partial charge is 0.148 e. The van der Waals surface area contributed by atoms with Crippen LogP contribution in [0.25, 0.3) is 0 Å². The summed E-state index contributed by atoms with van der Waals surface area (Å²) >= 11 is 1.94. The van der Waals surface area contributed by atoms with E-state index in [9.17, 15) is 0 Å². The van der Waals surface area contributed by atoms with E-state index in [1.807, 2.05) is 11.8 Å². The number of aromatic nitrogens is 2. The molecule has 0 saturated heterocycles. The lowest BCUT2D eigenvalue weighted by Crippen LogP contribution is -2.21. The first-order valence-corrected chi connectivity index (χ1v) is 7.45. The Morgan fingerprint density at radius 2 is 2.06 bits per heavy atom. The first-order chi connectivity index (χ1) is 8.62. The number of nitrogen functional groups attached to an aromatic ring is 1. The highest BCUT2D eigenvalue weighted by atomic mass is 32.2. The van der Waals surface area contributed by atoms with Crippen molar-refractivity contribution in [2.24, 2.45) is 5.84 Å². The fraction of sp³-hybridized carbons (Fsp3) is 0.667. The summed E-state index contributed by atoms with van der Waals surface area (Å²) in [7, 11) is 0. The van der Waals surface area contributed by atoms with E-state index in [-0.39, 0.29) is 0 Å². The van der Waals surface area contributed by atoms with Gasteiger partial charge in [0.2, 0.25) is 0 Å². The summed E-state index contributed by atoms with van der Waals surface area (Å²) in [6.07, 6.45) is 6.28. The number of thioether (sulfide) groups is 1. The molecule has 1 aromatic rings. The normalized spacial score (nSPS) is 16.7. The number of nitrogens with two attached hydrogens (primary N) is 1. The van der Waals surface area contributed by atoms with Gasteiger partial charge in [-0.2, -0.15) is 11.8 Å². The molecule has 2 rings (SSSR count).